The summed E-state index contributed by atoms with van der Waals surface area (Å²) in [4.78, 5) is 24.6. The maximum Gasteiger partial charge on any atom is 0.256 e. The molecule has 0 aliphatic carbocycles. The van der Waals surface area contributed by atoms with Gasteiger partial charge < -0.3 is 20.3 Å². The Hall–Kier alpha value is -2.95. The lowest BCUT2D eigenvalue weighted by molar-refractivity contribution is -0.0459. The van der Waals surface area contributed by atoms with Gasteiger partial charge in [-0.25, -0.2) is 19.3 Å². The number of benzene rings is 1. The molecule has 1 aliphatic rings. The molecule has 9 nitrogen and oxygen atoms in total. The smallest absolute Gasteiger partial charge is 0.256 e. The zero-order chi connectivity index (χ0) is 19.0. The Morgan fingerprint density at radius 3 is 2.74 bits per heavy atom. The quantitative estimate of drug-likeness (QED) is 0.614. The highest BCUT2D eigenvalue weighted by atomic mass is 19.1. The van der Waals surface area contributed by atoms with Crippen LogP contribution in [0.15, 0.2) is 43.0 Å². The van der Waals surface area contributed by atoms with Crippen LogP contribution in [0.4, 0.5) is 10.2 Å². The second-order valence-corrected chi connectivity index (χ2v) is 6.05. The first-order valence-corrected chi connectivity index (χ1v) is 8.22. The lowest BCUT2D eigenvalue weighted by atomic mass is 10.1. The lowest BCUT2D eigenvalue weighted by Gasteiger charge is -2.15. The number of hydrogen-bond donors (Lipinski definition) is 3. The van der Waals surface area contributed by atoms with Crippen LogP contribution in [0.5, 0.6) is 0 Å². The van der Waals surface area contributed by atoms with Crippen LogP contribution in [-0.2, 0) is 4.74 Å². The fourth-order valence-corrected chi connectivity index (χ4v) is 2.98. The van der Waals surface area contributed by atoms with Crippen molar-refractivity contribution in [3.8, 4) is 0 Å². The molecule has 140 valence electrons. The largest absolute Gasteiger partial charge is 0.394 e. The summed E-state index contributed by atoms with van der Waals surface area (Å²) in [5.41, 5.74) is 0.923. The van der Waals surface area contributed by atoms with Gasteiger partial charge in [0.15, 0.2) is 29.4 Å². The van der Waals surface area contributed by atoms with Crippen LogP contribution in [0.3, 0.4) is 0 Å². The third-order valence-corrected chi connectivity index (χ3v) is 4.37. The highest BCUT2D eigenvalue weighted by molar-refractivity contribution is 6.06. The molecule has 3 N–H and O–H groups in total. The first kappa shape index (κ1) is 17.5. The fourth-order valence-electron chi connectivity index (χ4n) is 2.98. The number of alkyl halides is 1. The van der Waals surface area contributed by atoms with Crippen molar-refractivity contribution in [3.05, 3.63) is 48.5 Å². The van der Waals surface area contributed by atoms with Crippen LogP contribution in [0.2, 0.25) is 0 Å². The van der Waals surface area contributed by atoms with E-state index in [1.165, 1.54) is 17.2 Å². The minimum atomic E-state index is -1.77. The van der Waals surface area contributed by atoms with E-state index in [9.17, 15) is 19.4 Å². The van der Waals surface area contributed by atoms with Gasteiger partial charge in [0.2, 0.25) is 0 Å². The Morgan fingerprint density at radius 1 is 1.26 bits per heavy atom. The van der Waals surface area contributed by atoms with Crippen LogP contribution in [0.1, 0.15) is 16.6 Å². The minimum absolute atomic E-state index is 0.167. The molecule has 0 spiro atoms. The Balaban J connectivity index is 1.65. The number of carbonyl (C=O) groups is 1. The molecule has 1 aliphatic heterocycles. The van der Waals surface area contributed by atoms with Gasteiger partial charge in [-0.15, -0.1) is 0 Å². The van der Waals surface area contributed by atoms with Crippen molar-refractivity contribution in [2.75, 3.05) is 11.9 Å². The third-order valence-electron chi connectivity index (χ3n) is 4.37. The number of aromatic nitrogens is 4. The zero-order valence-electron chi connectivity index (χ0n) is 13.9. The topological polar surface area (TPSA) is 122 Å². The van der Waals surface area contributed by atoms with Crippen LogP contribution in [0.25, 0.3) is 11.2 Å². The summed E-state index contributed by atoms with van der Waals surface area (Å²) in [5, 5.41) is 21.7. The summed E-state index contributed by atoms with van der Waals surface area (Å²) in [6.45, 7) is -0.516. The standard InChI is InChI=1S/C17H16FN5O4/c18-11-13(25)10(6-24)27-17(11)23-8-21-12-14(19-7-20-15(12)23)22-16(26)9-4-2-1-3-5-9/h1-5,7-8,10-11,13,17,24-25H,6H2,(H,19,20,22,26). The van der Waals surface area contributed by atoms with Gasteiger partial charge >= 0.3 is 0 Å². The van der Waals surface area contributed by atoms with Gasteiger partial charge in [0, 0.05) is 5.56 Å². The van der Waals surface area contributed by atoms with E-state index in [0.717, 1.165) is 0 Å². The maximum atomic E-state index is 14.4. The number of fused-ring (bicyclic) bond motifs is 1. The number of hydrogen-bond acceptors (Lipinski definition) is 7. The summed E-state index contributed by atoms with van der Waals surface area (Å²) < 4.78 is 21.1. The normalized spacial score (nSPS) is 25.0. The lowest BCUT2D eigenvalue weighted by Crippen LogP contribution is -2.30. The van der Waals surface area contributed by atoms with Gasteiger partial charge in [0.05, 0.1) is 12.9 Å². The van der Waals surface area contributed by atoms with Crippen molar-refractivity contribution in [3.63, 3.8) is 0 Å². The van der Waals surface area contributed by atoms with Gasteiger partial charge in [-0.2, -0.15) is 0 Å². The zero-order valence-corrected chi connectivity index (χ0v) is 13.9. The molecule has 1 aromatic carbocycles. The molecule has 10 heteroatoms. The molecule has 2 aromatic heterocycles. The minimum Gasteiger partial charge on any atom is -0.394 e. The fraction of sp³-hybridized carbons (Fsp3) is 0.294. The SMILES string of the molecule is O=C(Nc1ncnc2c1ncn2C1OC(CO)C(O)C1F)c1ccccc1. The predicted octanol–water partition coefficient (Wildman–Crippen LogP) is 0.667. The monoisotopic (exact) mass is 373 g/mol. The number of ether oxygens (including phenoxy) is 1. The number of rotatable bonds is 4. The van der Waals surface area contributed by atoms with Crippen molar-refractivity contribution in [2.24, 2.45) is 0 Å². The highest BCUT2D eigenvalue weighted by Crippen LogP contribution is 2.34. The first-order valence-electron chi connectivity index (χ1n) is 8.22. The molecule has 1 fully saturated rings. The predicted molar refractivity (Wildman–Crippen MR) is 91.6 cm³/mol. The van der Waals surface area contributed by atoms with Gasteiger partial charge in [-0.3, -0.25) is 9.36 Å². The van der Waals surface area contributed by atoms with Crippen molar-refractivity contribution in [1.82, 2.24) is 19.5 Å². The van der Waals surface area contributed by atoms with E-state index in [-0.39, 0.29) is 22.9 Å². The van der Waals surface area contributed by atoms with E-state index in [4.69, 9.17) is 4.74 Å². The molecule has 0 radical (unpaired) electrons. The molecule has 3 aromatic rings. The second-order valence-electron chi connectivity index (χ2n) is 6.05. The summed E-state index contributed by atoms with van der Waals surface area (Å²) >= 11 is 0. The second kappa shape index (κ2) is 6.99. The summed E-state index contributed by atoms with van der Waals surface area (Å²) in [5.74, 6) is -0.207. The summed E-state index contributed by atoms with van der Waals surface area (Å²) in [7, 11) is 0. The average molecular weight is 373 g/mol. The molecule has 0 saturated carbocycles. The molecular formula is C17H16FN5O4. The molecule has 4 atom stereocenters. The number of nitrogens with zero attached hydrogens (tertiary/aromatic N) is 4. The van der Waals surface area contributed by atoms with Crippen LogP contribution in [0, 0.1) is 0 Å². The molecule has 1 saturated heterocycles. The van der Waals surface area contributed by atoms with E-state index in [0.29, 0.717) is 5.56 Å². The van der Waals surface area contributed by atoms with Gasteiger partial charge in [0.1, 0.15) is 18.5 Å². The molecular weight excluding hydrogens is 357 g/mol. The van der Waals surface area contributed by atoms with Crippen molar-refractivity contribution < 1.29 is 24.1 Å². The van der Waals surface area contributed by atoms with Gasteiger partial charge in [0.25, 0.3) is 5.91 Å². The number of amides is 1. The van der Waals surface area contributed by atoms with E-state index in [1.807, 2.05) is 0 Å². The van der Waals surface area contributed by atoms with Crippen molar-refractivity contribution in [2.45, 2.75) is 24.6 Å². The summed E-state index contributed by atoms with van der Waals surface area (Å²) in [6, 6.07) is 8.58. The van der Waals surface area contributed by atoms with Gasteiger partial charge in [-0.1, -0.05) is 18.2 Å². The van der Waals surface area contributed by atoms with Crippen molar-refractivity contribution >= 4 is 22.9 Å². The number of aliphatic hydroxyl groups excluding tert-OH is 2. The Morgan fingerprint density at radius 2 is 2.04 bits per heavy atom. The number of nitrogens with one attached hydrogen (secondary N) is 1. The molecule has 1 amide bonds. The Labute approximate surface area is 152 Å². The average Bonchev–Trinajstić information content (AvgIpc) is 3.25. The number of imidazole rings is 1. The Kier molecular flexibility index (Phi) is 4.52. The summed E-state index contributed by atoms with van der Waals surface area (Å²) in [6.07, 6.45) is -2.96. The first-order chi connectivity index (χ1) is 13.1. The molecule has 0 bridgehead atoms. The van der Waals surface area contributed by atoms with E-state index >= 15 is 0 Å². The third kappa shape index (κ3) is 3.03. The van der Waals surface area contributed by atoms with Gasteiger partial charge in [-0.05, 0) is 12.1 Å². The number of anilines is 1. The molecule has 4 rings (SSSR count). The Bertz CT molecular complexity index is 966. The molecule has 3 heterocycles. The molecule has 27 heavy (non-hydrogen) atoms. The van der Waals surface area contributed by atoms with Crippen LogP contribution >= 0.6 is 0 Å². The highest BCUT2D eigenvalue weighted by Gasteiger charge is 2.45. The molecule has 4 unspecified atom stereocenters. The van der Waals surface area contributed by atoms with Crippen molar-refractivity contribution in [1.29, 1.82) is 0 Å². The maximum absolute atomic E-state index is 14.4. The number of aliphatic hydroxyl groups is 2. The number of carbonyl (C=O) groups excluding carboxylic acids is 1. The van der Waals surface area contributed by atoms with E-state index in [1.54, 1.807) is 30.3 Å². The van der Waals surface area contributed by atoms with Crippen LogP contribution < -0.4 is 5.32 Å². The van der Waals surface area contributed by atoms with Crippen LogP contribution in [-0.4, -0.2) is 60.6 Å². The number of halogens is 1. The van der Waals surface area contributed by atoms with E-state index < -0.39 is 31.2 Å². The van der Waals surface area contributed by atoms with E-state index in [2.05, 4.69) is 20.3 Å².